The van der Waals surface area contributed by atoms with E-state index in [1.54, 1.807) is 24.3 Å². The van der Waals surface area contributed by atoms with E-state index in [4.69, 9.17) is 9.47 Å². The Morgan fingerprint density at radius 1 is 1.00 bits per heavy atom. The van der Waals surface area contributed by atoms with Crippen molar-refractivity contribution in [2.24, 2.45) is 0 Å². The normalized spacial score (nSPS) is 11.9. The van der Waals surface area contributed by atoms with Crippen LogP contribution in [0.25, 0.3) is 10.6 Å². The van der Waals surface area contributed by atoms with E-state index in [1.807, 2.05) is 6.92 Å². The van der Waals surface area contributed by atoms with Crippen molar-refractivity contribution in [2.45, 2.75) is 45.4 Å². The first-order valence-corrected chi connectivity index (χ1v) is 11.0. The molecule has 1 aliphatic rings. The van der Waals surface area contributed by atoms with E-state index < -0.39 is 18.2 Å². The third-order valence-corrected chi connectivity index (χ3v) is 4.67. The number of ether oxygens (including phenoxy) is 2. The summed E-state index contributed by atoms with van der Waals surface area (Å²) in [5.41, 5.74) is 1.07. The number of amides is 4. The number of imide groups is 1. The van der Waals surface area contributed by atoms with E-state index in [-0.39, 0.29) is 154 Å². The quantitative estimate of drug-likeness (QED) is 0.0905. The molecule has 0 saturated carbocycles. The maximum atomic E-state index is 12.0. The van der Waals surface area contributed by atoms with Crippen molar-refractivity contribution in [3.05, 3.63) is 40.5 Å². The monoisotopic (exact) mass is 629 g/mol. The summed E-state index contributed by atoms with van der Waals surface area (Å²) in [5, 5.41) is 7.62. The van der Waals surface area contributed by atoms with Crippen molar-refractivity contribution in [2.75, 3.05) is 32.9 Å². The van der Waals surface area contributed by atoms with Gasteiger partial charge in [0.2, 0.25) is 11.8 Å². The summed E-state index contributed by atoms with van der Waals surface area (Å²) >= 11 is 0. The molecule has 1 heterocycles. The van der Waals surface area contributed by atoms with Crippen LogP contribution in [0.3, 0.4) is 0 Å². The van der Waals surface area contributed by atoms with Crippen molar-refractivity contribution in [3.8, 4) is 0 Å². The van der Waals surface area contributed by atoms with Crippen LogP contribution >= 0.6 is 0 Å². The topological polar surface area (TPSA) is 135 Å². The summed E-state index contributed by atoms with van der Waals surface area (Å²) < 4.78 is 10.3. The predicted molar refractivity (Wildman–Crippen MR) is 119 cm³/mol. The van der Waals surface area contributed by atoms with Crippen molar-refractivity contribution in [1.82, 2.24) is 4.90 Å². The average Bonchev–Trinajstić information content (AvgIpc) is 2.75. The number of carbonyl (C=O) groups excluding carboxylic acids is 5. The molecule has 0 radical (unpaired) electrons. The van der Waals surface area contributed by atoms with Gasteiger partial charge in [0.15, 0.2) is 0 Å². The number of esters is 1. The number of carbonyl (C=O) groups is 5. The van der Waals surface area contributed by atoms with E-state index in [2.05, 4.69) is 10.6 Å². The number of β-lactam (4-membered cyclic amide) rings is 1. The Morgan fingerprint density at radius 3 is 2.31 bits per heavy atom. The van der Waals surface area contributed by atoms with Gasteiger partial charge in [-0.15, -0.1) is 12.2 Å². The molecule has 1 fully saturated rings. The number of benzene rings is 1. The number of likely N-dealkylation sites (tertiary alicyclic amines) is 1. The van der Waals surface area contributed by atoms with Gasteiger partial charge in [-0.2, -0.15) is 0 Å². The van der Waals surface area contributed by atoms with Gasteiger partial charge in [0.25, 0.3) is 0 Å². The molecule has 0 spiro atoms. The Hall–Kier alpha value is 0.340. The van der Waals surface area contributed by atoms with Gasteiger partial charge in [0.1, 0.15) is 0 Å². The van der Waals surface area contributed by atoms with Gasteiger partial charge in [-0.1, -0.05) is 31.2 Å². The number of rotatable bonds is 14. The summed E-state index contributed by atoms with van der Waals surface area (Å²) in [5.74, 6) is -1.84. The Labute approximate surface area is 303 Å². The van der Waals surface area contributed by atoms with Gasteiger partial charge in [-0.05, 0) is 12.0 Å². The van der Waals surface area contributed by atoms with Crippen LogP contribution in [0.2, 0.25) is 0 Å². The van der Waals surface area contributed by atoms with Crippen molar-refractivity contribution >= 4 is 35.3 Å². The van der Waals surface area contributed by atoms with Crippen LogP contribution in [-0.4, -0.2) is 67.4 Å². The molecule has 12 heteroatoms. The van der Waals surface area contributed by atoms with E-state index in [9.17, 15) is 24.0 Å². The predicted octanol–water partition coefficient (Wildman–Crippen LogP) is -3.43. The molecule has 2 rings (SSSR count). The molecule has 0 unspecified atom stereocenters. The summed E-state index contributed by atoms with van der Waals surface area (Å²) in [6, 6.07) is 6.46. The van der Waals surface area contributed by atoms with Crippen molar-refractivity contribution in [3.63, 3.8) is 0 Å². The van der Waals surface area contributed by atoms with Gasteiger partial charge >= 0.3 is 122 Å². The second-order valence-electron chi connectivity index (χ2n) is 7.43. The van der Waals surface area contributed by atoms with Crippen LogP contribution in [0, 0.1) is 0 Å². The van der Waals surface area contributed by atoms with Gasteiger partial charge in [-0.3, -0.25) is 19.3 Å². The minimum absolute atomic E-state index is 0. The Morgan fingerprint density at radius 2 is 1.71 bits per heavy atom. The van der Waals surface area contributed by atoms with E-state index in [0.29, 0.717) is 50.3 Å². The van der Waals surface area contributed by atoms with Crippen LogP contribution in [-0.2, 0) is 39.9 Å². The fourth-order valence-electron chi connectivity index (χ4n) is 2.87. The van der Waals surface area contributed by atoms with Crippen molar-refractivity contribution < 1.29 is 150 Å². The van der Waals surface area contributed by atoms with Crippen LogP contribution < -0.4 is 116 Å². The number of hydrogen-bond acceptors (Lipinski definition) is 7. The summed E-state index contributed by atoms with van der Waals surface area (Å²) in [6.45, 7) is 3.39. The van der Waals surface area contributed by atoms with Crippen LogP contribution in [0.1, 0.15) is 44.6 Å². The fraction of sp³-hybridized carbons (Fsp3) is 0.522. The Bertz CT molecular complexity index is 850. The summed E-state index contributed by atoms with van der Waals surface area (Å²) in [7, 11) is 0. The second kappa shape index (κ2) is 20.3. The third-order valence-electron chi connectivity index (χ3n) is 4.67. The third kappa shape index (κ3) is 14.8. The standard InChI is InChI=1S/C23H31N3O7.2Rb/c1-2-4-23(31)33-13-3-12-32-14-10-24-19(27)16-20(28)25-18-7-5-17(6-8-18)15-22(30)26-11-9-21(26)29;;/h5-8H,2-4,9-16H2,1H3,(H2,24,25,27,28);;/q;2*+1/p-2. The molecule has 180 valence electrons. The zero-order valence-corrected chi connectivity index (χ0v) is 30.6. The Balaban J connectivity index is 0.00000578. The zero-order valence-electron chi connectivity index (χ0n) is 20.8. The van der Waals surface area contributed by atoms with Crippen LogP contribution in [0.5, 0.6) is 0 Å². The SMILES string of the molecule is CCCC(=O)OCCCOCC[N-]C(=O)CC(=O)[N-]c1ccc(CC(=O)N2CCC2=O)cc1.[Rb+].[Rb+]. The molecular formula is C23H29N3O7Rb2. The molecule has 0 aliphatic carbocycles. The molecule has 0 atom stereocenters. The number of hydrogen-bond donors (Lipinski definition) is 0. The minimum Gasteiger partial charge on any atom is -0.651 e. The van der Waals surface area contributed by atoms with Gasteiger partial charge in [-0.25, -0.2) is 0 Å². The van der Waals surface area contributed by atoms with E-state index in [1.165, 1.54) is 4.90 Å². The Kier molecular flexibility index (Phi) is 20.5. The van der Waals surface area contributed by atoms with Crippen molar-refractivity contribution in [1.29, 1.82) is 0 Å². The molecule has 0 aromatic heterocycles. The van der Waals surface area contributed by atoms with Gasteiger partial charge in [0, 0.05) is 45.4 Å². The molecule has 1 aromatic carbocycles. The molecule has 10 nitrogen and oxygen atoms in total. The summed E-state index contributed by atoms with van der Waals surface area (Å²) in [4.78, 5) is 59.4. The molecule has 0 N–H and O–H groups in total. The molecular weight excluding hydrogens is 601 g/mol. The zero-order chi connectivity index (χ0) is 24.1. The maximum absolute atomic E-state index is 12.0. The molecule has 1 saturated heterocycles. The molecule has 35 heavy (non-hydrogen) atoms. The molecule has 1 aromatic rings. The van der Waals surface area contributed by atoms with Crippen LogP contribution in [0.15, 0.2) is 24.3 Å². The smallest absolute Gasteiger partial charge is 0.651 e. The van der Waals surface area contributed by atoms with Gasteiger partial charge in [0.05, 0.1) is 24.8 Å². The largest absolute Gasteiger partial charge is 1.00 e. The fourth-order valence-corrected chi connectivity index (χ4v) is 2.87. The second-order valence-corrected chi connectivity index (χ2v) is 7.43. The molecule has 1 aliphatic heterocycles. The average molecular weight is 630 g/mol. The molecule has 4 amide bonds. The molecule has 0 bridgehead atoms. The van der Waals surface area contributed by atoms with Gasteiger partial charge < -0.3 is 29.7 Å². The first kappa shape index (κ1) is 35.3. The number of nitrogens with zero attached hydrogens (tertiary/aromatic N) is 3. The van der Waals surface area contributed by atoms with Crippen LogP contribution in [0.4, 0.5) is 5.69 Å². The maximum Gasteiger partial charge on any atom is 1.00 e. The first-order valence-electron chi connectivity index (χ1n) is 11.0. The minimum atomic E-state index is -0.617. The van der Waals surface area contributed by atoms with E-state index in [0.717, 1.165) is 6.42 Å². The van der Waals surface area contributed by atoms with E-state index >= 15 is 0 Å². The first-order chi connectivity index (χ1) is 15.9. The summed E-state index contributed by atoms with van der Waals surface area (Å²) in [6.07, 6.45) is 1.78.